The van der Waals surface area contributed by atoms with Gasteiger partial charge in [0.25, 0.3) is 5.91 Å². The van der Waals surface area contributed by atoms with Gasteiger partial charge in [-0.3, -0.25) is 9.78 Å². The summed E-state index contributed by atoms with van der Waals surface area (Å²) in [6.45, 7) is 2.94. The van der Waals surface area contributed by atoms with E-state index in [9.17, 15) is 4.79 Å². The molecule has 0 fully saturated rings. The Hall–Kier alpha value is -3.54. The fraction of sp³-hybridized carbons (Fsp3) is 0.217. The molecule has 6 nitrogen and oxygen atoms in total. The van der Waals surface area contributed by atoms with Gasteiger partial charge in [0.15, 0.2) is 11.5 Å². The van der Waals surface area contributed by atoms with Gasteiger partial charge >= 0.3 is 0 Å². The van der Waals surface area contributed by atoms with Gasteiger partial charge in [-0.25, -0.2) is 0 Å². The summed E-state index contributed by atoms with van der Waals surface area (Å²) in [5, 5.41) is 3.36. The van der Waals surface area contributed by atoms with E-state index in [1.165, 1.54) is 5.56 Å². The lowest BCUT2D eigenvalue weighted by Gasteiger charge is -2.22. The number of fused-ring (bicyclic) bond motifs is 2. The van der Waals surface area contributed by atoms with E-state index in [1.54, 1.807) is 6.20 Å². The molecule has 2 aromatic carbocycles. The van der Waals surface area contributed by atoms with E-state index in [0.717, 1.165) is 34.9 Å². The number of pyridine rings is 1. The van der Waals surface area contributed by atoms with Crippen LogP contribution in [0.15, 0.2) is 60.8 Å². The van der Waals surface area contributed by atoms with Crippen molar-refractivity contribution in [3.05, 3.63) is 77.6 Å². The molecule has 1 amide bonds. The van der Waals surface area contributed by atoms with Crippen molar-refractivity contribution in [2.45, 2.75) is 25.9 Å². The predicted molar refractivity (Wildman–Crippen MR) is 111 cm³/mol. The van der Waals surface area contributed by atoms with Gasteiger partial charge < -0.3 is 19.7 Å². The van der Waals surface area contributed by atoms with Crippen LogP contribution >= 0.6 is 0 Å². The van der Waals surface area contributed by atoms with Crippen LogP contribution in [0.25, 0.3) is 0 Å². The number of benzene rings is 2. The maximum Gasteiger partial charge on any atom is 0.277 e. The maximum absolute atomic E-state index is 13.2. The van der Waals surface area contributed by atoms with Crippen molar-refractivity contribution in [2.24, 2.45) is 0 Å². The van der Waals surface area contributed by atoms with Crippen LogP contribution in [-0.4, -0.2) is 23.7 Å². The van der Waals surface area contributed by atoms with Crippen molar-refractivity contribution in [1.29, 1.82) is 0 Å². The third-order valence-corrected chi connectivity index (χ3v) is 5.34. The minimum atomic E-state index is -0.0748. The topological polar surface area (TPSA) is 63.7 Å². The van der Waals surface area contributed by atoms with E-state index < -0.39 is 0 Å². The number of hydrogen-bond donors (Lipinski definition) is 1. The Bertz CT molecular complexity index is 1080. The van der Waals surface area contributed by atoms with Crippen LogP contribution in [0.4, 0.5) is 11.4 Å². The predicted octanol–water partition coefficient (Wildman–Crippen LogP) is 4.01. The molecule has 5 rings (SSSR count). The molecule has 0 spiro atoms. The molecule has 1 aromatic heterocycles. The number of carbonyl (C=O) groups is 1. The molecule has 29 heavy (non-hydrogen) atoms. The molecule has 0 aliphatic carbocycles. The molecule has 146 valence electrons. The Morgan fingerprint density at radius 3 is 2.93 bits per heavy atom. The largest absolute Gasteiger partial charge is 0.454 e. The number of aromatic nitrogens is 1. The van der Waals surface area contributed by atoms with Gasteiger partial charge in [0, 0.05) is 30.2 Å². The Labute approximate surface area is 169 Å². The maximum atomic E-state index is 13.2. The van der Waals surface area contributed by atoms with Gasteiger partial charge in [-0.1, -0.05) is 24.3 Å². The highest BCUT2D eigenvalue weighted by Gasteiger charge is 2.31. The lowest BCUT2D eigenvalue weighted by Crippen LogP contribution is -2.36. The van der Waals surface area contributed by atoms with Crippen LogP contribution in [0.5, 0.6) is 11.5 Å². The zero-order chi connectivity index (χ0) is 19.8. The average Bonchev–Trinajstić information content (AvgIpc) is 3.34. The van der Waals surface area contributed by atoms with E-state index in [4.69, 9.17) is 9.47 Å². The smallest absolute Gasteiger partial charge is 0.277 e. The summed E-state index contributed by atoms with van der Waals surface area (Å²) in [5.74, 6) is 1.45. The van der Waals surface area contributed by atoms with Gasteiger partial charge in [-0.2, -0.15) is 0 Å². The third kappa shape index (κ3) is 3.27. The van der Waals surface area contributed by atoms with Gasteiger partial charge in [-0.05, 0) is 54.8 Å². The molecule has 2 aliphatic rings. The highest BCUT2D eigenvalue weighted by atomic mass is 16.7. The van der Waals surface area contributed by atoms with Gasteiger partial charge in [-0.15, -0.1) is 0 Å². The highest BCUT2D eigenvalue weighted by molar-refractivity contribution is 6.06. The Kier molecular flexibility index (Phi) is 4.31. The number of hydrogen-bond acceptors (Lipinski definition) is 5. The molecule has 3 heterocycles. The molecule has 0 saturated heterocycles. The van der Waals surface area contributed by atoms with E-state index in [1.807, 2.05) is 53.4 Å². The van der Waals surface area contributed by atoms with Crippen molar-refractivity contribution < 1.29 is 14.3 Å². The lowest BCUT2D eigenvalue weighted by atomic mass is 10.1. The summed E-state index contributed by atoms with van der Waals surface area (Å²) >= 11 is 0. The number of anilines is 2. The summed E-state index contributed by atoms with van der Waals surface area (Å²) in [5.41, 5.74) is 4.53. The van der Waals surface area contributed by atoms with Gasteiger partial charge in [0.2, 0.25) is 6.79 Å². The van der Waals surface area contributed by atoms with Crippen molar-refractivity contribution >= 4 is 17.3 Å². The molecule has 1 unspecified atom stereocenters. The normalized spacial score (nSPS) is 16.6. The summed E-state index contributed by atoms with van der Waals surface area (Å²) in [4.78, 5) is 19.4. The molecule has 0 bridgehead atoms. The summed E-state index contributed by atoms with van der Waals surface area (Å²) in [6, 6.07) is 17.7. The first kappa shape index (κ1) is 17.6. The van der Waals surface area contributed by atoms with Crippen LogP contribution in [0, 0.1) is 0 Å². The van der Waals surface area contributed by atoms with E-state index in [0.29, 0.717) is 12.2 Å². The number of amides is 1. The monoisotopic (exact) mass is 387 g/mol. The number of nitrogens with zero attached hydrogens (tertiary/aromatic N) is 2. The fourth-order valence-electron chi connectivity index (χ4n) is 3.91. The first-order valence-electron chi connectivity index (χ1n) is 9.69. The zero-order valence-corrected chi connectivity index (χ0v) is 16.1. The molecule has 0 saturated carbocycles. The number of nitrogens with one attached hydrogen (secondary N) is 1. The second kappa shape index (κ2) is 7.13. The molecule has 6 heteroatoms. The minimum absolute atomic E-state index is 0.0748. The molecule has 0 radical (unpaired) electrons. The lowest BCUT2D eigenvalue weighted by molar-refractivity contribution is 0.0976. The molecular weight excluding hydrogens is 366 g/mol. The van der Waals surface area contributed by atoms with Crippen LogP contribution in [-0.2, 0) is 13.0 Å². The molecule has 3 aromatic rings. The van der Waals surface area contributed by atoms with Crippen LogP contribution in [0.2, 0.25) is 0 Å². The van der Waals surface area contributed by atoms with Crippen LogP contribution in [0.1, 0.15) is 28.5 Å². The van der Waals surface area contributed by atoms with Crippen LogP contribution in [0.3, 0.4) is 0 Å². The standard InChI is InChI=1S/C23H21N3O3/c1-15-10-17-4-2-3-5-20(17)26(15)23(27)19-12-18(8-9-24-19)25-13-16-6-7-21-22(11-16)29-14-28-21/h2-9,11-12,15H,10,13-14H2,1H3,(H,24,25). The Morgan fingerprint density at radius 2 is 2.00 bits per heavy atom. The second-order valence-corrected chi connectivity index (χ2v) is 7.33. The Balaban J connectivity index is 1.33. The van der Waals surface area contributed by atoms with Crippen molar-refractivity contribution in [2.75, 3.05) is 17.0 Å². The van der Waals surface area contributed by atoms with Crippen molar-refractivity contribution in [3.63, 3.8) is 0 Å². The van der Waals surface area contributed by atoms with Crippen molar-refractivity contribution in [3.8, 4) is 11.5 Å². The number of rotatable bonds is 4. The molecule has 1 N–H and O–H groups in total. The molecule has 2 aliphatic heterocycles. The molecule has 1 atom stereocenters. The minimum Gasteiger partial charge on any atom is -0.454 e. The van der Waals surface area contributed by atoms with Gasteiger partial charge in [0.05, 0.1) is 0 Å². The first-order chi connectivity index (χ1) is 14.2. The number of para-hydroxylation sites is 1. The summed E-state index contributed by atoms with van der Waals surface area (Å²) in [7, 11) is 0. The average molecular weight is 387 g/mol. The number of ether oxygens (including phenoxy) is 2. The highest BCUT2D eigenvalue weighted by Crippen LogP contribution is 2.34. The zero-order valence-electron chi connectivity index (χ0n) is 16.1. The second-order valence-electron chi connectivity index (χ2n) is 7.33. The van der Waals surface area contributed by atoms with Crippen molar-refractivity contribution in [1.82, 2.24) is 4.98 Å². The van der Waals surface area contributed by atoms with Crippen LogP contribution < -0.4 is 19.7 Å². The van der Waals surface area contributed by atoms with E-state index in [-0.39, 0.29) is 18.7 Å². The Morgan fingerprint density at radius 1 is 1.14 bits per heavy atom. The SMILES string of the molecule is CC1Cc2ccccc2N1C(=O)c1cc(NCc2ccc3c(c2)OCO3)ccn1. The third-order valence-electron chi connectivity index (χ3n) is 5.34. The van der Waals surface area contributed by atoms with E-state index >= 15 is 0 Å². The first-order valence-corrected chi connectivity index (χ1v) is 9.69. The summed E-state index contributed by atoms with van der Waals surface area (Å²) < 4.78 is 10.8. The van der Waals surface area contributed by atoms with Gasteiger partial charge in [0.1, 0.15) is 5.69 Å². The quantitative estimate of drug-likeness (QED) is 0.733. The van der Waals surface area contributed by atoms with E-state index in [2.05, 4.69) is 23.3 Å². The molecular formula is C23H21N3O3. The fourth-order valence-corrected chi connectivity index (χ4v) is 3.91. The summed E-state index contributed by atoms with van der Waals surface area (Å²) in [6.07, 6.45) is 2.53. The number of carbonyl (C=O) groups excluding carboxylic acids is 1.